The second kappa shape index (κ2) is 8.50. The average Bonchev–Trinajstić information content (AvgIpc) is 2.78. The lowest BCUT2D eigenvalue weighted by Gasteiger charge is -2.19. The molecule has 1 amide bonds. The number of carbonyl (C=O) groups excluding carboxylic acids is 1. The van der Waals surface area contributed by atoms with Crippen molar-refractivity contribution in [2.45, 2.75) is 71.9 Å². The second-order valence-electron chi connectivity index (χ2n) is 5.65. The summed E-state index contributed by atoms with van der Waals surface area (Å²) in [6, 6.07) is 2.47. The van der Waals surface area contributed by atoms with Gasteiger partial charge in [0.1, 0.15) is 5.69 Å². The van der Waals surface area contributed by atoms with E-state index in [-0.39, 0.29) is 11.9 Å². The number of amides is 1. The molecule has 0 aliphatic rings. The van der Waals surface area contributed by atoms with Gasteiger partial charge in [0.2, 0.25) is 0 Å². The molecular weight excluding hydrogens is 316 g/mol. The summed E-state index contributed by atoms with van der Waals surface area (Å²) >= 11 is 3.46. The summed E-state index contributed by atoms with van der Waals surface area (Å²) in [5, 5.41) is 3.20. The Bertz CT molecular complexity index is 426. The first kappa shape index (κ1) is 17.3. The van der Waals surface area contributed by atoms with Crippen LogP contribution in [0.1, 0.15) is 76.3 Å². The number of carbonyl (C=O) groups is 1. The minimum atomic E-state index is 0.0407. The lowest BCUT2D eigenvalue weighted by Crippen LogP contribution is -2.36. The van der Waals surface area contributed by atoms with Crippen molar-refractivity contribution in [1.29, 1.82) is 0 Å². The number of halogens is 1. The predicted octanol–water partition coefficient (Wildman–Crippen LogP) is 4.92. The maximum Gasteiger partial charge on any atom is 0.268 e. The highest BCUT2D eigenvalue weighted by molar-refractivity contribution is 9.10. The van der Waals surface area contributed by atoms with Gasteiger partial charge in [-0.25, -0.2) is 0 Å². The van der Waals surface area contributed by atoms with Crippen molar-refractivity contribution >= 4 is 21.8 Å². The van der Waals surface area contributed by atoms with E-state index in [4.69, 9.17) is 0 Å². The monoisotopic (exact) mass is 342 g/mol. The third kappa shape index (κ3) is 4.97. The molecule has 1 aromatic heterocycles. The van der Waals surface area contributed by atoms with Crippen molar-refractivity contribution in [3.63, 3.8) is 0 Å². The average molecular weight is 343 g/mol. The van der Waals surface area contributed by atoms with Gasteiger partial charge in [-0.05, 0) is 48.7 Å². The van der Waals surface area contributed by atoms with Gasteiger partial charge in [-0.2, -0.15) is 0 Å². The van der Waals surface area contributed by atoms with Crippen LogP contribution in [0.15, 0.2) is 16.7 Å². The van der Waals surface area contributed by atoms with Crippen LogP contribution in [0, 0.1) is 0 Å². The first-order chi connectivity index (χ1) is 9.49. The predicted molar refractivity (Wildman–Crippen MR) is 88.2 cm³/mol. The van der Waals surface area contributed by atoms with Crippen LogP contribution in [0.25, 0.3) is 0 Å². The standard InChI is InChI=1S/C16H27BrN2O/c1-5-7-9-14(8-6-2)18-16(20)15-10-13(17)11-19(15)12(3)4/h10-12,14H,5-9H2,1-4H3,(H,18,20). The van der Waals surface area contributed by atoms with Crippen molar-refractivity contribution < 1.29 is 4.79 Å². The highest BCUT2D eigenvalue weighted by atomic mass is 79.9. The van der Waals surface area contributed by atoms with Crippen LogP contribution in [0.3, 0.4) is 0 Å². The van der Waals surface area contributed by atoms with Crippen molar-refractivity contribution in [3.8, 4) is 0 Å². The molecule has 0 bridgehead atoms. The van der Waals surface area contributed by atoms with Crippen LogP contribution in [0.4, 0.5) is 0 Å². The quantitative estimate of drug-likeness (QED) is 0.714. The number of unbranched alkanes of at least 4 members (excludes halogenated alkanes) is 1. The minimum absolute atomic E-state index is 0.0407. The number of aromatic nitrogens is 1. The molecule has 1 aromatic rings. The molecule has 20 heavy (non-hydrogen) atoms. The van der Waals surface area contributed by atoms with Crippen molar-refractivity contribution in [2.75, 3.05) is 0 Å². The van der Waals surface area contributed by atoms with Gasteiger partial charge < -0.3 is 9.88 Å². The molecule has 0 radical (unpaired) electrons. The molecule has 0 spiro atoms. The molecule has 114 valence electrons. The zero-order valence-corrected chi connectivity index (χ0v) is 14.7. The summed E-state index contributed by atoms with van der Waals surface area (Å²) in [6.45, 7) is 8.53. The molecule has 4 heteroatoms. The minimum Gasteiger partial charge on any atom is -0.348 e. The number of nitrogens with zero attached hydrogens (tertiary/aromatic N) is 1. The third-order valence-electron chi connectivity index (χ3n) is 3.48. The maximum atomic E-state index is 12.5. The zero-order chi connectivity index (χ0) is 15.1. The van der Waals surface area contributed by atoms with Gasteiger partial charge in [0.15, 0.2) is 0 Å². The van der Waals surface area contributed by atoms with E-state index in [1.807, 2.05) is 16.8 Å². The Hall–Kier alpha value is -0.770. The van der Waals surface area contributed by atoms with E-state index in [0.717, 1.165) is 29.4 Å². The Kier molecular flexibility index (Phi) is 7.35. The summed E-state index contributed by atoms with van der Waals surface area (Å²) < 4.78 is 2.97. The molecule has 0 saturated carbocycles. The van der Waals surface area contributed by atoms with Gasteiger partial charge in [0.25, 0.3) is 5.91 Å². The fourth-order valence-corrected chi connectivity index (χ4v) is 2.84. The first-order valence-corrected chi connectivity index (χ1v) is 8.47. The first-order valence-electron chi connectivity index (χ1n) is 7.67. The fourth-order valence-electron chi connectivity index (χ4n) is 2.40. The largest absolute Gasteiger partial charge is 0.348 e. The molecule has 1 heterocycles. The number of rotatable bonds is 8. The van der Waals surface area contributed by atoms with Crippen molar-refractivity contribution in [2.24, 2.45) is 0 Å². The lowest BCUT2D eigenvalue weighted by molar-refractivity contribution is 0.0921. The van der Waals surface area contributed by atoms with Gasteiger partial charge in [-0.15, -0.1) is 0 Å². The fraction of sp³-hybridized carbons (Fsp3) is 0.688. The van der Waals surface area contributed by atoms with E-state index in [9.17, 15) is 4.79 Å². The van der Waals surface area contributed by atoms with Gasteiger partial charge in [0.05, 0.1) is 0 Å². The van der Waals surface area contributed by atoms with Crippen LogP contribution in [-0.2, 0) is 0 Å². The number of hydrogen-bond donors (Lipinski definition) is 1. The summed E-state index contributed by atoms with van der Waals surface area (Å²) in [7, 11) is 0. The summed E-state index contributed by atoms with van der Waals surface area (Å²) in [5.74, 6) is 0.0407. The van der Waals surface area contributed by atoms with E-state index < -0.39 is 0 Å². The lowest BCUT2D eigenvalue weighted by atomic mass is 10.1. The van der Waals surface area contributed by atoms with E-state index in [1.165, 1.54) is 12.8 Å². The second-order valence-corrected chi connectivity index (χ2v) is 6.56. The van der Waals surface area contributed by atoms with Crippen molar-refractivity contribution in [1.82, 2.24) is 9.88 Å². The summed E-state index contributed by atoms with van der Waals surface area (Å²) in [4.78, 5) is 12.5. The molecule has 0 aliphatic heterocycles. The molecule has 0 aliphatic carbocycles. The Morgan fingerprint density at radius 3 is 2.55 bits per heavy atom. The molecule has 3 nitrogen and oxygen atoms in total. The normalized spacial score (nSPS) is 12.7. The van der Waals surface area contributed by atoms with E-state index in [2.05, 4.69) is 48.9 Å². The molecular formula is C16H27BrN2O. The third-order valence-corrected chi connectivity index (χ3v) is 3.92. The Morgan fingerprint density at radius 2 is 2.00 bits per heavy atom. The Morgan fingerprint density at radius 1 is 1.30 bits per heavy atom. The van der Waals surface area contributed by atoms with E-state index in [0.29, 0.717) is 6.04 Å². The highest BCUT2D eigenvalue weighted by Crippen LogP contribution is 2.20. The van der Waals surface area contributed by atoms with Crippen LogP contribution < -0.4 is 5.32 Å². The summed E-state index contributed by atoms with van der Waals surface area (Å²) in [5.41, 5.74) is 0.740. The molecule has 0 saturated heterocycles. The molecule has 1 rings (SSSR count). The highest BCUT2D eigenvalue weighted by Gasteiger charge is 2.18. The van der Waals surface area contributed by atoms with Gasteiger partial charge in [-0.1, -0.05) is 33.1 Å². The Labute approximate surface area is 131 Å². The summed E-state index contributed by atoms with van der Waals surface area (Å²) in [6.07, 6.45) is 7.53. The van der Waals surface area contributed by atoms with E-state index >= 15 is 0 Å². The van der Waals surface area contributed by atoms with Gasteiger partial charge >= 0.3 is 0 Å². The van der Waals surface area contributed by atoms with Crippen LogP contribution in [0.5, 0.6) is 0 Å². The van der Waals surface area contributed by atoms with Gasteiger partial charge in [-0.3, -0.25) is 4.79 Å². The smallest absolute Gasteiger partial charge is 0.268 e. The van der Waals surface area contributed by atoms with Crippen LogP contribution >= 0.6 is 15.9 Å². The van der Waals surface area contributed by atoms with Crippen LogP contribution in [0.2, 0.25) is 0 Å². The van der Waals surface area contributed by atoms with Crippen LogP contribution in [-0.4, -0.2) is 16.5 Å². The molecule has 0 fully saturated rings. The molecule has 1 N–H and O–H groups in total. The SMILES string of the molecule is CCCCC(CCC)NC(=O)c1cc(Br)cn1C(C)C. The Balaban J connectivity index is 2.77. The topological polar surface area (TPSA) is 34.0 Å². The molecule has 1 unspecified atom stereocenters. The zero-order valence-electron chi connectivity index (χ0n) is 13.1. The van der Waals surface area contributed by atoms with Crippen molar-refractivity contribution in [3.05, 3.63) is 22.4 Å². The molecule has 0 aromatic carbocycles. The number of hydrogen-bond acceptors (Lipinski definition) is 1. The maximum absolute atomic E-state index is 12.5. The number of nitrogens with one attached hydrogen (secondary N) is 1. The van der Waals surface area contributed by atoms with E-state index in [1.54, 1.807) is 0 Å². The molecule has 1 atom stereocenters. The van der Waals surface area contributed by atoms with Gasteiger partial charge in [0, 0.05) is 22.8 Å².